The van der Waals surface area contributed by atoms with E-state index in [1.807, 2.05) is 29.7 Å². The van der Waals surface area contributed by atoms with Crippen LogP contribution in [0.25, 0.3) is 11.2 Å². The number of unbranched alkanes of at least 4 members (excludes halogenated alkanes) is 1. The number of nitrogens with two attached hydrogens (primary N) is 1. The zero-order valence-corrected chi connectivity index (χ0v) is 20.1. The lowest BCUT2D eigenvalue weighted by molar-refractivity contribution is 0.301. The Balaban J connectivity index is 1.79. The molecule has 0 amide bonds. The van der Waals surface area contributed by atoms with E-state index in [4.69, 9.17) is 15.5 Å². The van der Waals surface area contributed by atoms with Gasteiger partial charge in [-0.25, -0.2) is 9.97 Å². The first-order valence-corrected chi connectivity index (χ1v) is 14.0. The molecule has 0 atom stereocenters. The maximum absolute atomic E-state index is 5.93. The maximum atomic E-state index is 5.93. The van der Waals surface area contributed by atoms with E-state index >= 15 is 0 Å². The van der Waals surface area contributed by atoms with Crippen LogP contribution in [0.4, 0.5) is 5.95 Å². The van der Waals surface area contributed by atoms with Gasteiger partial charge in [-0.1, -0.05) is 13.3 Å². The molecule has 2 aromatic rings. The topological polar surface area (TPSA) is 86.8 Å². The fourth-order valence-electron chi connectivity index (χ4n) is 3.47. The molecule has 2 fully saturated rings. The lowest BCUT2D eigenvalue weighted by atomic mass is 10.2. The highest BCUT2D eigenvalue weighted by molar-refractivity contribution is 8.25. The monoisotopic (exact) mass is 469 g/mol. The summed E-state index contributed by atoms with van der Waals surface area (Å²) in [6.07, 6.45) is 6.41. The van der Waals surface area contributed by atoms with E-state index in [9.17, 15) is 0 Å². The number of nitrogens with zero attached hydrogens (tertiary/aromatic N) is 4. The molecular weight excluding hydrogens is 443 g/mol. The number of anilines is 1. The fourth-order valence-corrected chi connectivity index (χ4v) is 11.0. The summed E-state index contributed by atoms with van der Waals surface area (Å²) in [5.41, 5.74) is 8.01. The SMILES string of the molecule is CCCCOc1nc(N)nc2ncc(C3(C4(C)SCCCS4)SCCCS3)nc12. The average Bonchev–Trinajstić information content (AvgIpc) is 2.74. The minimum Gasteiger partial charge on any atom is -0.476 e. The van der Waals surface area contributed by atoms with Crippen molar-refractivity contribution in [2.75, 3.05) is 35.4 Å². The molecule has 29 heavy (non-hydrogen) atoms. The quantitative estimate of drug-likeness (QED) is 0.596. The van der Waals surface area contributed by atoms with Crippen molar-refractivity contribution in [3.05, 3.63) is 11.9 Å². The molecule has 2 saturated heterocycles. The summed E-state index contributed by atoms with van der Waals surface area (Å²) in [6.45, 7) is 5.11. The number of thioether (sulfide) groups is 4. The molecule has 10 heteroatoms. The summed E-state index contributed by atoms with van der Waals surface area (Å²) in [5, 5.41) is 0. The molecule has 0 spiro atoms. The highest BCUT2D eigenvalue weighted by atomic mass is 32.2. The van der Waals surface area contributed by atoms with Crippen molar-refractivity contribution < 1.29 is 4.74 Å². The van der Waals surface area contributed by atoms with Gasteiger partial charge in [0.05, 0.1) is 22.6 Å². The van der Waals surface area contributed by atoms with Crippen LogP contribution >= 0.6 is 47.0 Å². The van der Waals surface area contributed by atoms with E-state index < -0.39 is 0 Å². The van der Waals surface area contributed by atoms with Crippen molar-refractivity contribution in [3.63, 3.8) is 0 Å². The molecule has 4 rings (SSSR count). The lowest BCUT2D eigenvalue weighted by Crippen LogP contribution is -2.44. The van der Waals surface area contributed by atoms with Gasteiger partial charge in [-0.15, -0.1) is 47.0 Å². The van der Waals surface area contributed by atoms with Gasteiger partial charge in [-0.2, -0.15) is 9.97 Å². The van der Waals surface area contributed by atoms with Crippen LogP contribution in [-0.2, 0) is 4.08 Å². The second kappa shape index (κ2) is 9.28. The molecular formula is C19H27N5OS4. The van der Waals surface area contributed by atoms with E-state index in [0.717, 1.165) is 30.0 Å². The number of nitrogen functional groups attached to an aromatic ring is 1. The molecule has 2 aliphatic rings. The van der Waals surface area contributed by atoms with Crippen LogP contribution in [0, 0.1) is 0 Å². The summed E-state index contributed by atoms with van der Waals surface area (Å²) in [6, 6.07) is 0. The van der Waals surface area contributed by atoms with Crippen molar-refractivity contribution in [1.29, 1.82) is 0 Å². The van der Waals surface area contributed by atoms with E-state index in [1.54, 1.807) is 0 Å². The molecule has 0 aromatic carbocycles. The molecule has 4 heterocycles. The van der Waals surface area contributed by atoms with Crippen LogP contribution in [0.1, 0.15) is 45.2 Å². The average molecular weight is 470 g/mol. The molecule has 0 saturated carbocycles. The molecule has 2 N–H and O–H groups in total. The van der Waals surface area contributed by atoms with Crippen molar-refractivity contribution >= 4 is 64.2 Å². The summed E-state index contributed by atoms with van der Waals surface area (Å²) in [4.78, 5) is 18.4. The third kappa shape index (κ3) is 4.27. The first-order chi connectivity index (χ1) is 14.1. The first kappa shape index (κ1) is 21.6. The zero-order chi connectivity index (χ0) is 20.3. The third-order valence-corrected chi connectivity index (χ3v) is 12.7. The lowest BCUT2D eigenvalue weighted by Gasteiger charge is -2.49. The minimum absolute atomic E-state index is 0.0429. The highest BCUT2D eigenvalue weighted by Crippen LogP contribution is 2.65. The molecule has 2 aliphatic heterocycles. The number of ether oxygens (including phenoxy) is 1. The largest absolute Gasteiger partial charge is 0.476 e. The Labute approximate surface area is 189 Å². The van der Waals surface area contributed by atoms with Crippen LogP contribution in [0.15, 0.2) is 6.20 Å². The summed E-state index contributed by atoms with van der Waals surface area (Å²) >= 11 is 8.17. The Kier molecular flexibility index (Phi) is 6.92. The van der Waals surface area contributed by atoms with Crippen molar-refractivity contribution in [2.45, 2.75) is 47.7 Å². The Morgan fingerprint density at radius 3 is 2.41 bits per heavy atom. The zero-order valence-electron chi connectivity index (χ0n) is 16.8. The fraction of sp³-hybridized carbons (Fsp3) is 0.684. The minimum atomic E-state index is -0.149. The Bertz CT molecular complexity index is 856. The second-order valence-corrected chi connectivity index (χ2v) is 13.3. The highest BCUT2D eigenvalue weighted by Gasteiger charge is 2.54. The van der Waals surface area contributed by atoms with Crippen molar-refractivity contribution in [1.82, 2.24) is 19.9 Å². The number of hydrogen-bond acceptors (Lipinski definition) is 10. The van der Waals surface area contributed by atoms with E-state index in [1.165, 1.54) is 24.3 Å². The van der Waals surface area contributed by atoms with Gasteiger partial charge in [0, 0.05) is 0 Å². The normalized spacial score (nSPS) is 21.2. The van der Waals surface area contributed by atoms with Crippen LogP contribution in [-0.4, -0.2) is 53.6 Å². The first-order valence-electron chi connectivity index (χ1n) is 10.1. The van der Waals surface area contributed by atoms with Crippen LogP contribution in [0.2, 0.25) is 0 Å². The number of rotatable bonds is 6. The molecule has 0 radical (unpaired) electrons. The number of fused-ring (bicyclic) bond motifs is 1. The van der Waals surface area contributed by atoms with E-state index in [2.05, 4.69) is 52.3 Å². The molecule has 0 bridgehead atoms. The van der Waals surface area contributed by atoms with Gasteiger partial charge in [0.1, 0.15) is 4.08 Å². The standard InChI is InChI=1S/C19H27N5OS4/c1-3-4-7-25-16-14-15(23-17(20)24-16)21-12-13(22-14)19(28-10-6-11-29-19)18(2)26-8-5-9-27-18/h12H,3-11H2,1-2H3,(H2,20,21,23,24). The smallest absolute Gasteiger partial charge is 0.247 e. The summed E-state index contributed by atoms with van der Waals surface area (Å²) in [7, 11) is 0. The van der Waals surface area contributed by atoms with Gasteiger partial charge in [-0.05, 0) is 49.2 Å². The van der Waals surface area contributed by atoms with Gasteiger partial charge >= 0.3 is 0 Å². The molecule has 0 unspecified atom stereocenters. The van der Waals surface area contributed by atoms with Crippen LogP contribution in [0.5, 0.6) is 5.88 Å². The predicted octanol–water partition coefficient (Wildman–Crippen LogP) is 4.79. The van der Waals surface area contributed by atoms with Gasteiger partial charge in [-0.3, -0.25) is 0 Å². The van der Waals surface area contributed by atoms with Crippen LogP contribution in [0.3, 0.4) is 0 Å². The molecule has 158 valence electrons. The van der Waals surface area contributed by atoms with Crippen LogP contribution < -0.4 is 10.5 Å². The van der Waals surface area contributed by atoms with E-state index in [-0.39, 0.29) is 14.1 Å². The van der Waals surface area contributed by atoms with Gasteiger partial charge in [0.25, 0.3) is 0 Å². The van der Waals surface area contributed by atoms with Gasteiger partial charge < -0.3 is 10.5 Å². The van der Waals surface area contributed by atoms with E-state index in [0.29, 0.717) is 23.7 Å². The molecule has 0 aliphatic carbocycles. The Morgan fingerprint density at radius 2 is 1.72 bits per heavy atom. The Morgan fingerprint density at radius 1 is 1.03 bits per heavy atom. The second-order valence-electron chi connectivity index (χ2n) is 7.18. The van der Waals surface area contributed by atoms with Crippen molar-refractivity contribution in [3.8, 4) is 5.88 Å². The van der Waals surface area contributed by atoms with Gasteiger partial charge in [0.2, 0.25) is 11.8 Å². The molecule has 2 aromatic heterocycles. The summed E-state index contributed by atoms with van der Waals surface area (Å²) in [5.74, 6) is 5.29. The third-order valence-electron chi connectivity index (χ3n) is 5.01. The van der Waals surface area contributed by atoms with Gasteiger partial charge in [0.15, 0.2) is 11.2 Å². The molecule has 6 nitrogen and oxygen atoms in total. The number of aromatic nitrogens is 4. The summed E-state index contributed by atoms with van der Waals surface area (Å²) < 4.78 is 5.82. The predicted molar refractivity (Wildman–Crippen MR) is 129 cm³/mol. The van der Waals surface area contributed by atoms with Crippen molar-refractivity contribution in [2.24, 2.45) is 0 Å². The maximum Gasteiger partial charge on any atom is 0.247 e. The number of hydrogen-bond donors (Lipinski definition) is 1. The Hall–Kier alpha value is -0.580.